The Morgan fingerprint density at radius 2 is 2.06 bits per heavy atom. The van der Waals surface area contributed by atoms with Gasteiger partial charge in [0.1, 0.15) is 11.0 Å². The normalized spacial score (nSPS) is 32.3. The van der Waals surface area contributed by atoms with Crippen molar-refractivity contribution >= 4 is 17.4 Å². The molecule has 2 fully saturated rings. The van der Waals surface area contributed by atoms with Gasteiger partial charge < -0.3 is 19.8 Å². The lowest BCUT2D eigenvalue weighted by Crippen LogP contribution is -2.58. The van der Waals surface area contributed by atoms with Gasteiger partial charge in [0.15, 0.2) is 0 Å². The molecular weight excluding hydrogens is 426 g/mol. The third-order valence-corrected chi connectivity index (χ3v) is 8.10. The number of nitrogens with zero attached hydrogens (tertiary/aromatic N) is 3. The molecule has 2 aliphatic heterocycles. The molecule has 0 spiro atoms. The van der Waals surface area contributed by atoms with E-state index in [9.17, 15) is 15.0 Å². The van der Waals surface area contributed by atoms with Gasteiger partial charge in [0.2, 0.25) is 0 Å². The largest absolute Gasteiger partial charge is 0.396 e. The minimum atomic E-state index is -0.852. The highest BCUT2D eigenvalue weighted by molar-refractivity contribution is 7.08. The highest BCUT2D eigenvalue weighted by Gasteiger charge is 2.55. The van der Waals surface area contributed by atoms with E-state index in [4.69, 9.17) is 4.74 Å². The molecule has 0 radical (unpaired) electrons. The first-order valence-corrected chi connectivity index (χ1v) is 12.2. The van der Waals surface area contributed by atoms with Crippen molar-refractivity contribution in [1.82, 2.24) is 14.5 Å². The van der Waals surface area contributed by atoms with E-state index < -0.39 is 23.3 Å². The number of carbonyl (C=O) groups is 1. The van der Waals surface area contributed by atoms with Gasteiger partial charge in [-0.2, -0.15) is 0 Å². The molecule has 174 valence electrons. The summed E-state index contributed by atoms with van der Waals surface area (Å²) in [5, 5.41) is 25.5. The summed E-state index contributed by atoms with van der Waals surface area (Å²) in [6, 6.07) is 9.94. The number of aliphatic hydroxyl groups excluding tert-OH is 2. The number of likely N-dealkylation sites (N-methyl/N-ethyl adjacent to an activating group) is 1. The van der Waals surface area contributed by atoms with Crippen molar-refractivity contribution in [1.29, 1.82) is 0 Å². The topological polar surface area (TPSA) is 95.8 Å². The van der Waals surface area contributed by atoms with Gasteiger partial charge in [-0.05, 0) is 68.5 Å². The Hall–Kier alpha value is -1.87. The number of amides is 1. The maximum absolute atomic E-state index is 13.3. The van der Waals surface area contributed by atoms with Gasteiger partial charge in [-0.15, -0.1) is 5.10 Å². The molecule has 5 atom stereocenters. The molecule has 0 saturated carbocycles. The van der Waals surface area contributed by atoms with Crippen LogP contribution in [0.2, 0.25) is 0 Å². The first-order chi connectivity index (χ1) is 15.3. The molecule has 2 aromatic rings. The summed E-state index contributed by atoms with van der Waals surface area (Å²) >= 11 is 1.11. The maximum Gasteiger partial charge on any atom is 0.267 e. The average molecular weight is 460 g/mol. The molecule has 32 heavy (non-hydrogen) atoms. The monoisotopic (exact) mass is 459 g/mol. The smallest absolute Gasteiger partial charge is 0.267 e. The van der Waals surface area contributed by atoms with Crippen LogP contribution in [-0.4, -0.2) is 67.6 Å². The number of benzene rings is 1. The van der Waals surface area contributed by atoms with Gasteiger partial charge >= 0.3 is 0 Å². The van der Waals surface area contributed by atoms with E-state index in [1.807, 2.05) is 32.0 Å². The molecular formula is C24H33N3O4S. The minimum absolute atomic E-state index is 0.0273. The van der Waals surface area contributed by atoms with E-state index in [0.29, 0.717) is 42.7 Å². The number of fused-ring (bicyclic) bond motifs is 2. The number of ether oxygens (including phenoxy) is 1. The van der Waals surface area contributed by atoms with Crippen molar-refractivity contribution < 1.29 is 19.7 Å². The molecule has 2 bridgehead atoms. The quantitative estimate of drug-likeness (QED) is 0.689. The summed E-state index contributed by atoms with van der Waals surface area (Å²) in [5.74, 6) is 0.0602. The fraction of sp³-hybridized carbons (Fsp3) is 0.625. The average Bonchev–Trinajstić information content (AvgIpc) is 3.25. The van der Waals surface area contributed by atoms with Gasteiger partial charge in [0, 0.05) is 13.7 Å². The van der Waals surface area contributed by atoms with Crippen LogP contribution in [0.1, 0.15) is 72.8 Å². The van der Waals surface area contributed by atoms with Crippen LogP contribution in [0, 0.1) is 0 Å². The second-order valence-corrected chi connectivity index (χ2v) is 10.2. The molecule has 8 heteroatoms. The van der Waals surface area contributed by atoms with Crippen LogP contribution < -0.4 is 0 Å². The summed E-state index contributed by atoms with van der Waals surface area (Å²) in [6.45, 7) is 3.94. The number of rotatable bonds is 6. The van der Waals surface area contributed by atoms with E-state index in [2.05, 4.69) is 21.7 Å². The van der Waals surface area contributed by atoms with Crippen molar-refractivity contribution in [2.75, 3.05) is 13.7 Å². The lowest BCUT2D eigenvalue weighted by Gasteiger charge is -2.50. The molecule has 1 amide bonds. The number of aryl methyl sites for hydroxylation is 1. The molecule has 2 aliphatic rings. The Balaban J connectivity index is 1.66. The zero-order valence-electron chi connectivity index (χ0n) is 19.0. The summed E-state index contributed by atoms with van der Waals surface area (Å²) in [6.07, 6.45) is 3.03. The first-order valence-electron chi connectivity index (χ1n) is 11.4. The Morgan fingerprint density at radius 3 is 2.75 bits per heavy atom. The summed E-state index contributed by atoms with van der Waals surface area (Å²) < 4.78 is 10.6. The zero-order chi connectivity index (χ0) is 22.9. The van der Waals surface area contributed by atoms with E-state index in [1.54, 1.807) is 11.9 Å². The Labute approximate surface area is 193 Å². The fourth-order valence-electron chi connectivity index (χ4n) is 5.66. The van der Waals surface area contributed by atoms with Crippen LogP contribution in [0.15, 0.2) is 30.3 Å². The number of carbonyl (C=O) groups excluding carboxylic acids is 1. The van der Waals surface area contributed by atoms with Crippen LogP contribution in [0.3, 0.4) is 0 Å². The predicted molar refractivity (Wildman–Crippen MR) is 123 cm³/mol. The van der Waals surface area contributed by atoms with Crippen molar-refractivity contribution in [3.05, 3.63) is 46.5 Å². The van der Waals surface area contributed by atoms with Crippen LogP contribution >= 0.6 is 11.5 Å². The predicted octanol–water partition coefficient (Wildman–Crippen LogP) is 3.17. The molecule has 0 unspecified atom stereocenters. The van der Waals surface area contributed by atoms with E-state index in [1.165, 1.54) is 5.56 Å². The molecule has 7 nitrogen and oxygen atoms in total. The second kappa shape index (κ2) is 9.17. The molecule has 4 rings (SSSR count). The SMILES string of the molecule is CCc1nnsc1C(=O)N(C)[C@H]1CC[C@@]2(CCO)C[C@H](c3ccccc3)C[C@](C)(O2)[C@@H]1O. The summed E-state index contributed by atoms with van der Waals surface area (Å²) in [4.78, 5) is 15.5. The Bertz CT molecular complexity index is 938. The van der Waals surface area contributed by atoms with Crippen molar-refractivity contribution in [2.45, 2.75) is 81.6 Å². The van der Waals surface area contributed by atoms with Crippen LogP contribution in [0.25, 0.3) is 0 Å². The minimum Gasteiger partial charge on any atom is -0.396 e. The second-order valence-electron chi connectivity index (χ2n) is 9.46. The van der Waals surface area contributed by atoms with Gasteiger partial charge in [-0.1, -0.05) is 41.7 Å². The summed E-state index contributed by atoms with van der Waals surface area (Å²) in [5.41, 5.74) is 0.561. The van der Waals surface area contributed by atoms with Gasteiger partial charge in [-0.3, -0.25) is 4.79 Å². The van der Waals surface area contributed by atoms with Crippen molar-refractivity contribution in [2.24, 2.45) is 0 Å². The van der Waals surface area contributed by atoms with E-state index in [-0.39, 0.29) is 18.4 Å². The third kappa shape index (κ3) is 4.21. The number of hydrogen-bond donors (Lipinski definition) is 2. The standard InChI is InChI=1S/C24H33N3O4S/c1-4-18-20(32-26-25-18)22(30)27(3)19-10-11-24(12-13-28)15-17(16-8-6-5-7-9-16)14-23(2,31-24)21(19)29/h5-9,17,19,21,28-29H,4,10-15H2,1-3H3/t17-,19+,21-,23+,24-/m1/s1. The lowest BCUT2D eigenvalue weighted by molar-refractivity contribution is -0.225. The van der Waals surface area contributed by atoms with Crippen molar-refractivity contribution in [3.8, 4) is 0 Å². The Kier molecular flexibility index (Phi) is 6.68. The number of aliphatic hydroxyl groups is 2. The fourth-order valence-corrected chi connectivity index (χ4v) is 6.39. The van der Waals surface area contributed by atoms with E-state index in [0.717, 1.165) is 18.0 Å². The molecule has 2 N–H and O–H groups in total. The van der Waals surface area contributed by atoms with Crippen LogP contribution in [0.5, 0.6) is 0 Å². The summed E-state index contributed by atoms with van der Waals surface area (Å²) in [7, 11) is 1.75. The maximum atomic E-state index is 13.3. The first kappa shape index (κ1) is 23.3. The van der Waals surface area contributed by atoms with Gasteiger partial charge in [0.25, 0.3) is 5.91 Å². The van der Waals surface area contributed by atoms with Crippen LogP contribution in [0.4, 0.5) is 0 Å². The molecule has 1 aromatic heterocycles. The van der Waals surface area contributed by atoms with Gasteiger partial charge in [-0.25, -0.2) is 0 Å². The molecule has 3 heterocycles. The number of aromatic nitrogens is 2. The third-order valence-electron chi connectivity index (χ3n) is 7.35. The van der Waals surface area contributed by atoms with E-state index >= 15 is 0 Å². The lowest BCUT2D eigenvalue weighted by atomic mass is 9.73. The van der Waals surface area contributed by atoms with Gasteiger partial charge in [0.05, 0.1) is 22.9 Å². The molecule has 2 saturated heterocycles. The Morgan fingerprint density at radius 1 is 1.31 bits per heavy atom. The van der Waals surface area contributed by atoms with Crippen molar-refractivity contribution in [3.63, 3.8) is 0 Å². The highest BCUT2D eigenvalue weighted by atomic mass is 32.1. The highest BCUT2D eigenvalue weighted by Crippen LogP contribution is 2.51. The molecule has 1 aromatic carbocycles. The molecule has 0 aliphatic carbocycles. The zero-order valence-corrected chi connectivity index (χ0v) is 19.8. The number of hydrogen-bond acceptors (Lipinski definition) is 7. The van der Waals surface area contributed by atoms with Crippen LogP contribution in [-0.2, 0) is 11.2 Å².